The highest BCUT2D eigenvalue weighted by Crippen LogP contribution is 2.07. The highest BCUT2D eigenvalue weighted by molar-refractivity contribution is 5.66. The summed E-state index contributed by atoms with van der Waals surface area (Å²) in [5.41, 5.74) is 1.09. The molecule has 0 saturated carbocycles. The Kier molecular flexibility index (Phi) is 5.06. The molecule has 1 aromatic carbocycles. The predicted octanol–water partition coefficient (Wildman–Crippen LogP) is 3.21. The molecule has 16 heavy (non-hydrogen) atoms. The van der Waals surface area contributed by atoms with Gasteiger partial charge < -0.3 is 4.74 Å². The van der Waals surface area contributed by atoms with Gasteiger partial charge in [-0.05, 0) is 11.6 Å². The first kappa shape index (κ1) is 12.2. The quantitative estimate of drug-likeness (QED) is 0.558. The molecule has 2 heteroatoms. The second-order valence-corrected chi connectivity index (χ2v) is 3.44. The van der Waals surface area contributed by atoms with Gasteiger partial charge in [-0.15, -0.1) is 6.58 Å². The summed E-state index contributed by atoms with van der Waals surface area (Å²) in [7, 11) is 0. The van der Waals surface area contributed by atoms with E-state index in [0.29, 0.717) is 6.42 Å². The second kappa shape index (κ2) is 6.62. The first-order chi connectivity index (χ1) is 7.72. The third kappa shape index (κ3) is 4.60. The van der Waals surface area contributed by atoms with Crippen molar-refractivity contribution >= 4 is 12.0 Å². The van der Waals surface area contributed by atoms with Gasteiger partial charge in [0.2, 0.25) is 0 Å². The number of benzene rings is 1. The van der Waals surface area contributed by atoms with Crippen molar-refractivity contribution in [3.05, 3.63) is 54.6 Å². The van der Waals surface area contributed by atoms with Crippen molar-refractivity contribution in [3.63, 3.8) is 0 Å². The average molecular weight is 216 g/mol. The third-order valence-electron chi connectivity index (χ3n) is 2.02. The number of ether oxygens (including phenoxy) is 1. The van der Waals surface area contributed by atoms with Crippen LogP contribution in [0.2, 0.25) is 0 Å². The molecule has 1 rings (SSSR count). The number of carbonyl (C=O) groups is 1. The first-order valence-corrected chi connectivity index (χ1v) is 5.23. The molecule has 0 fully saturated rings. The molecule has 1 aromatic rings. The lowest BCUT2D eigenvalue weighted by Gasteiger charge is -2.10. The Hall–Kier alpha value is -1.83. The summed E-state index contributed by atoms with van der Waals surface area (Å²) in [5, 5.41) is 0. The normalized spacial score (nSPS) is 12.3. The molecule has 0 aromatic heterocycles. The highest BCUT2D eigenvalue weighted by atomic mass is 16.5. The number of hydrogen-bond acceptors (Lipinski definition) is 2. The van der Waals surface area contributed by atoms with Crippen molar-refractivity contribution in [2.24, 2.45) is 0 Å². The zero-order valence-electron chi connectivity index (χ0n) is 9.43. The zero-order chi connectivity index (χ0) is 11.8. The summed E-state index contributed by atoms with van der Waals surface area (Å²) in [4.78, 5) is 10.8. The molecule has 0 saturated heterocycles. The molecular formula is C14H16O2. The van der Waals surface area contributed by atoms with Crippen LogP contribution in [0.1, 0.15) is 18.9 Å². The van der Waals surface area contributed by atoms with E-state index in [9.17, 15) is 4.79 Å². The van der Waals surface area contributed by atoms with Gasteiger partial charge >= 0.3 is 5.97 Å². The molecule has 1 atom stereocenters. The Morgan fingerprint density at radius 2 is 2.12 bits per heavy atom. The maximum atomic E-state index is 10.8. The van der Waals surface area contributed by atoms with Gasteiger partial charge in [-0.25, -0.2) is 0 Å². The molecule has 0 aliphatic heterocycles. The van der Waals surface area contributed by atoms with Crippen molar-refractivity contribution in [1.29, 1.82) is 0 Å². The van der Waals surface area contributed by atoms with Gasteiger partial charge in [0.05, 0.1) is 0 Å². The monoisotopic (exact) mass is 216 g/mol. The van der Waals surface area contributed by atoms with Gasteiger partial charge in [-0.2, -0.15) is 0 Å². The van der Waals surface area contributed by atoms with E-state index in [-0.39, 0.29) is 12.1 Å². The van der Waals surface area contributed by atoms with Crippen molar-refractivity contribution in [1.82, 2.24) is 0 Å². The number of hydrogen-bond donors (Lipinski definition) is 0. The number of carbonyl (C=O) groups excluding carboxylic acids is 1. The van der Waals surface area contributed by atoms with Crippen molar-refractivity contribution in [2.75, 3.05) is 0 Å². The summed E-state index contributed by atoms with van der Waals surface area (Å²) in [6.07, 6.45) is 5.96. The van der Waals surface area contributed by atoms with Crippen LogP contribution in [0.3, 0.4) is 0 Å². The Morgan fingerprint density at radius 1 is 1.44 bits per heavy atom. The number of esters is 1. The fourth-order valence-electron chi connectivity index (χ4n) is 1.33. The molecular weight excluding hydrogens is 200 g/mol. The maximum absolute atomic E-state index is 10.8. The lowest BCUT2D eigenvalue weighted by molar-refractivity contribution is -0.143. The zero-order valence-corrected chi connectivity index (χ0v) is 9.43. The van der Waals surface area contributed by atoms with Gasteiger partial charge in [0.1, 0.15) is 6.10 Å². The van der Waals surface area contributed by atoms with E-state index >= 15 is 0 Å². The summed E-state index contributed by atoms with van der Waals surface area (Å²) in [5.74, 6) is -0.274. The third-order valence-corrected chi connectivity index (χ3v) is 2.02. The van der Waals surface area contributed by atoms with E-state index in [4.69, 9.17) is 4.74 Å². The molecule has 1 unspecified atom stereocenters. The lowest BCUT2D eigenvalue weighted by atomic mass is 10.1. The predicted molar refractivity (Wildman–Crippen MR) is 65.8 cm³/mol. The first-order valence-electron chi connectivity index (χ1n) is 5.23. The molecule has 0 heterocycles. The Bertz CT molecular complexity index is 366. The summed E-state index contributed by atoms with van der Waals surface area (Å²) in [6.45, 7) is 5.05. The van der Waals surface area contributed by atoms with Crippen LogP contribution in [-0.4, -0.2) is 12.1 Å². The summed E-state index contributed by atoms with van der Waals surface area (Å²) < 4.78 is 5.12. The Balaban J connectivity index is 2.63. The van der Waals surface area contributed by atoms with Crippen molar-refractivity contribution in [2.45, 2.75) is 19.4 Å². The van der Waals surface area contributed by atoms with Crippen LogP contribution in [-0.2, 0) is 9.53 Å². The standard InChI is InChI=1S/C14H16O2/c1-3-7-14(16-12(2)15)11-10-13-8-5-4-6-9-13/h3-6,8-11,14H,1,7H2,2H3/b11-10-. The minimum absolute atomic E-state index is 0.227. The maximum Gasteiger partial charge on any atom is 0.303 e. The van der Waals surface area contributed by atoms with E-state index in [2.05, 4.69) is 6.58 Å². The van der Waals surface area contributed by atoms with Gasteiger partial charge in [-0.1, -0.05) is 42.5 Å². The molecule has 84 valence electrons. The average Bonchev–Trinajstić information content (AvgIpc) is 2.27. The smallest absolute Gasteiger partial charge is 0.303 e. The number of rotatable bonds is 5. The van der Waals surface area contributed by atoms with Gasteiger partial charge in [0.15, 0.2) is 0 Å². The van der Waals surface area contributed by atoms with E-state index in [0.717, 1.165) is 5.56 Å². The molecule has 0 aliphatic carbocycles. The molecule has 2 nitrogen and oxygen atoms in total. The van der Waals surface area contributed by atoms with E-state index in [1.807, 2.05) is 42.5 Å². The van der Waals surface area contributed by atoms with Crippen LogP contribution in [0.5, 0.6) is 0 Å². The SMILES string of the molecule is C=CCC(/C=C\c1ccccc1)OC(C)=O. The molecule has 0 N–H and O–H groups in total. The topological polar surface area (TPSA) is 26.3 Å². The largest absolute Gasteiger partial charge is 0.458 e. The molecule has 0 aliphatic rings. The van der Waals surface area contributed by atoms with Gasteiger partial charge in [-0.3, -0.25) is 4.79 Å². The minimum Gasteiger partial charge on any atom is -0.458 e. The van der Waals surface area contributed by atoms with Crippen LogP contribution in [0.15, 0.2) is 49.1 Å². The second-order valence-electron chi connectivity index (χ2n) is 3.44. The highest BCUT2D eigenvalue weighted by Gasteiger charge is 2.05. The van der Waals surface area contributed by atoms with Crippen molar-refractivity contribution in [3.8, 4) is 0 Å². The van der Waals surface area contributed by atoms with Crippen LogP contribution >= 0.6 is 0 Å². The van der Waals surface area contributed by atoms with Crippen LogP contribution in [0.25, 0.3) is 6.08 Å². The van der Waals surface area contributed by atoms with Crippen molar-refractivity contribution < 1.29 is 9.53 Å². The molecule has 0 bridgehead atoms. The van der Waals surface area contributed by atoms with E-state index < -0.39 is 0 Å². The summed E-state index contributed by atoms with van der Waals surface area (Å²) >= 11 is 0. The van der Waals surface area contributed by atoms with Crippen LogP contribution in [0.4, 0.5) is 0 Å². The fraction of sp³-hybridized carbons (Fsp3) is 0.214. The minimum atomic E-state index is -0.274. The lowest BCUT2D eigenvalue weighted by Crippen LogP contribution is -2.12. The summed E-state index contributed by atoms with van der Waals surface area (Å²) in [6, 6.07) is 9.89. The van der Waals surface area contributed by atoms with Gasteiger partial charge in [0.25, 0.3) is 0 Å². The molecule has 0 radical (unpaired) electrons. The van der Waals surface area contributed by atoms with Crippen LogP contribution in [0, 0.1) is 0 Å². The van der Waals surface area contributed by atoms with Gasteiger partial charge in [0, 0.05) is 13.3 Å². The molecule has 0 amide bonds. The van der Waals surface area contributed by atoms with E-state index in [1.54, 1.807) is 6.08 Å². The molecule has 0 spiro atoms. The Labute approximate surface area is 96.2 Å². The Morgan fingerprint density at radius 3 is 2.69 bits per heavy atom. The van der Waals surface area contributed by atoms with Crippen LogP contribution < -0.4 is 0 Å². The fourth-order valence-corrected chi connectivity index (χ4v) is 1.33. The van der Waals surface area contributed by atoms with E-state index in [1.165, 1.54) is 6.92 Å².